The third-order valence-corrected chi connectivity index (χ3v) is 13.9. The van der Waals surface area contributed by atoms with Crippen LogP contribution in [0.3, 0.4) is 0 Å². The normalized spacial score (nSPS) is 34.4. The molecule has 16 N–H and O–H groups in total. The van der Waals surface area contributed by atoms with E-state index in [1.165, 1.54) is 11.8 Å². The van der Waals surface area contributed by atoms with Gasteiger partial charge in [-0.15, -0.1) is 0 Å². The van der Waals surface area contributed by atoms with E-state index in [4.69, 9.17) is 37.9 Å². The van der Waals surface area contributed by atoms with Crippen molar-refractivity contribution in [3.8, 4) is 0 Å². The Labute approximate surface area is 467 Å². The van der Waals surface area contributed by atoms with Crippen LogP contribution < -0.4 is 16.0 Å². The fraction of sp³-hybridized carbons (Fsp3) is 0.880. The summed E-state index contributed by atoms with van der Waals surface area (Å²) >= 11 is 0. The molecule has 0 saturated carbocycles. The zero-order valence-corrected chi connectivity index (χ0v) is 45.6. The molecule has 20 atom stereocenters. The molecule has 468 valence electrons. The zero-order valence-electron chi connectivity index (χ0n) is 45.6. The highest BCUT2D eigenvalue weighted by molar-refractivity contribution is 5.86. The molecular weight excluding hydrogens is 1090 g/mol. The number of carbonyl (C=O) groups is 6. The van der Waals surface area contributed by atoms with Crippen molar-refractivity contribution >= 4 is 35.1 Å². The topological polar surface area (TPSA) is 479 Å². The van der Waals surface area contributed by atoms with Gasteiger partial charge in [-0.05, 0) is 46.0 Å². The summed E-state index contributed by atoms with van der Waals surface area (Å²) in [5.41, 5.74) is 0. The molecule has 4 saturated heterocycles. The number of nitrogens with one attached hydrogen (secondary N) is 3. The first-order chi connectivity index (χ1) is 38.5. The van der Waals surface area contributed by atoms with Crippen LogP contribution in [0.2, 0.25) is 0 Å². The Morgan fingerprint density at radius 3 is 1.32 bits per heavy atom. The van der Waals surface area contributed by atoms with Crippen molar-refractivity contribution in [2.45, 2.75) is 207 Å². The maximum Gasteiger partial charge on any atom is 0.220 e. The Morgan fingerprint density at radius 2 is 0.827 bits per heavy atom. The van der Waals surface area contributed by atoms with Crippen LogP contribution in [-0.4, -0.2) is 301 Å². The molecule has 3 amide bonds. The lowest BCUT2D eigenvalue weighted by Crippen LogP contribution is -2.65. The molecule has 0 aromatic heterocycles. The van der Waals surface area contributed by atoms with Gasteiger partial charge >= 0.3 is 0 Å². The number of hydrogen-bond donors (Lipinski definition) is 16. The summed E-state index contributed by atoms with van der Waals surface area (Å²) < 4.78 is 44.2. The number of ether oxygens (including phenoxy) is 8. The van der Waals surface area contributed by atoms with Gasteiger partial charge in [-0.2, -0.15) is 0 Å². The summed E-state index contributed by atoms with van der Waals surface area (Å²) in [4.78, 5) is 77.7. The predicted molar refractivity (Wildman–Crippen MR) is 270 cm³/mol. The van der Waals surface area contributed by atoms with E-state index < -0.39 is 149 Å². The molecule has 31 nitrogen and oxygen atoms in total. The first kappa shape index (κ1) is 70.0. The molecule has 4 aliphatic rings. The second kappa shape index (κ2) is 35.7. The molecule has 4 rings (SSSR count). The Kier molecular flexibility index (Phi) is 30.9. The van der Waals surface area contributed by atoms with Gasteiger partial charge in [-0.1, -0.05) is 0 Å². The van der Waals surface area contributed by atoms with Crippen LogP contribution in [0.5, 0.6) is 0 Å². The summed E-state index contributed by atoms with van der Waals surface area (Å²) in [6.45, 7) is 0.231. The van der Waals surface area contributed by atoms with E-state index in [0.29, 0.717) is 19.4 Å². The molecule has 0 spiro atoms. The van der Waals surface area contributed by atoms with Crippen molar-refractivity contribution in [1.82, 2.24) is 20.9 Å². The lowest BCUT2D eigenvalue weighted by molar-refractivity contribution is -0.366. The lowest BCUT2D eigenvalue weighted by atomic mass is 9.96. The molecule has 0 radical (unpaired) electrons. The number of rotatable bonds is 36. The Hall–Kier alpha value is -3.46. The molecule has 4 heterocycles. The van der Waals surface area contributed by atoms with Crippen LogP contribution in [0.25, 0.3) is 0 Å². The first-order valence-corrected chi connectivity index (χ1v) is 27.4. The highest BCUT2D eigenvalue weighted by Gasteiger charge is 2.52. The maximum atomic E-state index is 13.2. The second-order valence-corrected chi connectivity index (χ2v) is 20.5. The number of hydrogen-bond acceptors (Lipinski definition) is 28. The minimum Gasteiger partial charge on any atom is -0.394 e. The van der Waals surface area contributed by atoms with Crippen molar-refractivity contribution in [2.75, 3.05) is 72.3 Å². The zero-order chi connectivity index (χ0) is 59.9. The van der Waals surface area contributed by atoms with Gasteiger partial charge in [-0.3, -0.25) is 33.7 Å². The second-order valence-electron chi connectivity index (χ2n) is 20.5. The number of nitrogens with zero attached hydrogens (tertiary/aromatic N) is 1. The quantitative estimate of drug-likeness (QED) is 0.0259. The molecule has 4 fully saturated rings. The summed E-state index contributed by atoms with van der Waals surface area (Å²) in [7, 11) is 0. The van der Waals surface area contributed by atoms with Gasteiger partial charge in [0.25, 0.3) is 0 Å². The number of Topliss-reactive ketones (excluding diaryl/α,β-unsaturated/α-hetero) is 3. The van der Waals surface area contributed by atoms with Crippen molar-refractivity contribution in [2.24, 2.45) is 0 Å². The standard InChI is InChI=1S/C50H86N4O27/c1-3-51-32(60)14-8-11-28(59)21-54(19-26(57)9-4-6-12-33(61)52-15-17-74-47-42(70)39(67)35(63)25(2)77-47)20-27(58)10-5-7-13-34(62)53-16-18-75-49-45(73)46(81-50-44(72)41(69)37(65)30(23-56)79-50)38(66)31(80-49)24-76-48-43(71)40(68)36(64)29(22-55)78-48/h25,29-31,35-50,55-56,63-73H,3-24H2,1-2H3,(H,51,60)(H,52,61)(H,53,62)/t25-,29+,30+,31+,35+,36+,37+,38+,39+,40-,41-,42-,43-,44-,45-,46-,47+,48-,49-,50+/m0/s1. The number of aliphatic hydroxyl groups excluding tert-OH is 13. The van der Waals surface area contributed by atoms with E-state index >= 15 is 0 Å². The van der Waals surface area contributed by atoms with Crippen LogP contribution in [0, 0.1) is 0 Å². The molecule has 0 aromatic rings. The van der Waals surface area contributed by atoms with Crippen LogP contribution >= 0.6 is 0 Å². The Bertz CT molecular complexity index is 1930. The number of ketones is 3. The van der Waals surface area contributed by atoms with Crippen molar-refractivity contribution in [1.29, 1.82) is 0 Å². The van der Waals surface area contributed by atoms with Crippen LogP contribution in [0.1, 0.15) is 84.5 Å². The average molecular weight is 1180 g/mol. The summed E-state index contributed by atoms with van der Waals surface area (Å²) in [5, 5.41) is 141. The van der Waals surface area contributed by atoms with E-state index in [9.17, 15) is 95.2 Å². The van der Waals surface area contributed by atoms with Gasteiger partial charge in [0.15, 0.2) is 25.2 Å². The van der Waals surface area contributed by atoms with Crippen molar-refractivity contribution in [3.05, 3.63) is 0 Å². The predicted octanol–water partition coefficient (Wildman–Crippen LogP) is -8.04. The molecule has 0 unspecified atom stereocenters. The minimum absolute atomic E-state index is 0.00145. The molecule has 0 aliphatic carbocycles. The largest absolute Gasteiger partial charge is 0.394 e. The molecule has 4 aliphatic heterocycles. The Morgan fingerprint density at radius 1 is 0.432 bits per heavy atom. The third-order valence-electron chi connectivity index (χ3n) is 13.9. The summed E-state index contributed by atoms with van der Waals surface area (Å²) in [6.07, 6.45) is -30.5. The number of aliphatic hydroxyl groups is 13. The van der Waals surface area contributed by atoms with Gasteiger partial charge in [0, 0.05) is 58.2 Å². The average Bonchev–Trinajstić information content (AvgIpc) is 3.43. The van der Waals surface area contributed by atoms with Crippen LogP contribution in [0.4, 0.5) is 0 Å². The Balaban J connectivity index is 1.22. The van der Waals surface area contributed by atoms with E-state index in [1.54, 1.807) is 6.92 Å². The minimum atomic E-state index is -1.95. The molecule has 0 bridgehead atoms. The maximum absolute atomic E-state index is 13.2. The number of amides is 3. The highest BCUT2D eigenvalue weighted by atomic mass is 16.8. The third kappa shape index (κ3) is 22.2. The van der Waals surface area contributed by atoms with Crippen LogP contribution in [-0.2, 0) is 66.7 Å². The van der Waals surface area contributed by atoms with Crippen LogP contribution in [0.15, 0.2) is 0 Å². The van der Waals surface area contributed by atoms with Gasteiger partial charge in [-0.25, -0.2) is 0 Å². The number of carbonyl (C=O) groups excluding carboxylic acids is 6. The van der Waals surface area contributed by atoms with E-state index in [-0.39, 0.29) is 133 Å². The first-order valence-electron chi connectivity index (χ1n) is 27.4. The lowest BCUT2D eigenvalue weighted by Gasteiger charge is -2.46. The SMILES string of the molecule is CCNC(=O)CCCC(=O)CN(CC(=O)CCCCC(=O)NCCO[C@@H]1O[C@@H](C)[C@@H](O)[C@@H](O)[C@@H]1O)CC(=O)CCCCC(=O)NCCO[C@H]1O[C@H](CO[C@H]2O[C@H](CO)[C@@H](O)[C@H](O)[C@@H]2O)[C@@H](O)[C@H](O[C@H]2O[C@H](CO)[C@@H](O)[C@H](O)[C@@H]2O)[C@@H]1O. The van der Waals surface area contributed by atoms with Crippen molar-refractivity contribution in [3.63, 3.8) is 0 Å². The highest BCUT2D eigenvalue weighted by Crippen LogP contribution is 2.31. The van der Waals surface area contributed by atoms with Crippen molar-refractivity contribution < 1.29 is 133 Å². The van der Waals surface area contributed by atoms with Gasteiger partial charge in [0.1, 0.15) is 109 Å². The monoisotopic (exact) mass is 1170 g/mol. The molecule has 81 heavy (non-hydrogen) atoms. The molecular formula is C50H86N4O27. The molecule has 31 heteroatoms. The fourth-order valence-corrected chi connectivity index (χ4v) is 9.23. The summed E-state index contributed by atoms with van der Waals surface area (Å²) in [6, 6.07) is 0. The number of unbranched alkanes of at least 4 members (excludes halogenated alkanes) is 2. The summed E-state index contributed by atoms with van der Waals surface area (Å²) in [5.74, 6) is -1.86. The molecule has 0 aromatic carbocycles. The van der Waals surface area contributed by atoms with E-state index in [2.05, 4.69) is 16.0 Å². The smallest absolute Gasteiger partial charge is 0.220 e. The van der Waals surface area contributed by atoms with Gasteiger partial charge in [0.05, 0.1) is 58.8 Å². The van der Waals surface area contributed by atoms with E-state index in [1.807, 2.05) is 0 Å². The fourth-order valence-electron chi connectivity index (χ4n) is 9.23. The van der Waals surface area contributed by atoms with Gasteiger partial charge in [0.2, 0.25) is 17.7 Å². The van der Waals surface area contributed by atoms with E-state index in [0.717, 1.165) is 0 Å². The van der Waals surface area contributed by atoms with Gasteiger partial charge < -0.3 is 120 Å².